The molecule has 0 saturated carbocycles. The molecule has 1 atom stereocenters. The quantitative estimate of drug-likeness (QED) is 0.210. The van der Waals surface area contributed by atoms with Crippen LogP contribution in [0.2, 0.25) is 0 Å². The number of ketones is 1. The van der Waals surface area contributed by atoms with E-state index < -0.39 is 17.7 Å². The van der Waals surface area contributed by atoms with Crippen LogP contribution in [0.25, 0.3) is 5.76 Å². The highest BCUT2D eigenvalue weighted by atomic mass is 16.5. The van der Waals surface area contributed by atoms with Crippen molar-refractivity contribution in [1.29, 1.82) is 0 Å². The van der Waals surface area contributed by atoms with Crippen LogP contribution in [0.15, 0.2) is 72.3 Å². The smallest absolute Gasteiger partial charge is 0.300 e. The Kier molecular flexibility index (Phi) is 8.24. The van der Waals surface area contributed by atoms with Gasteiger partial charge in [0.1, 0.15) is 11.5 Å². The zero-order chi connectivity index (χ0) is 30.1. The van der Waals surface area contributed by atoms with E-state index in [2.05, 4.69) is 5.32 Å². The molecule has 2 N–H and O–H groups in total. The van der Waals surface area contributed by atoms with E-state index in [-0.39, 0.29) is 22.7 Å². The number of aliphatic hydroxyl groups is 1. The van der Waals surface area contributed by atoms with Gasteiger partial charge in [0.05, 0.1) is 18.2 Å². The van der Waals surface area contributed by atoms with Gasteiger partial charge < -0.3 is 20.1 Å². The number of Topliss-reactive ketones (excluding diaryl/α,β-unsaturated/α-hetero) is 1. The molecular formula is C33H37N3O5. The SMILES string of the molecule is CCOc1ccc(/C(O)=C2/C(=O)C(=O)N(c3ccc(NC(C)=O)cc3)C2c2ccc(N(C)C)cc2)cc1C(C)(C)C. The maximum Gasteiger partial charge on any atom is 0.300 e. The van der Waals surface area contributed by atoms with E-state index in [1.165, 1.54) is 11.8 Å². The Balaban J connectivity index is 1.91. The molecule has 0 aliphatic carbocycles. The number of benzene rings is 3. The summed E-state index contributed by atoms with van der Waals surface area (Å²) in [6.07, 6.45) is 0. The van der Waals surface area contributed by atoms with Crippen LogP contribution in [0.4, 0.5) is 17.1 Å². The van der Waals surface area contributed by atoms with E-state index >= 15 is 0 Å². The molecule has 1 saturated heterocycles. The zero-order valence-corrected chi connectivity index (χ0v) is 24.6. The Labute approximate surface area is 241 Å². The molecule has 3 aromatic carbocycles. The molecule has 0 aromatic heterocycles. The first-order valence-electron chi connectivity index (χ1n) is 13.6. The van der Waals surface area contributed by atoms with Gasteiger partial charge in [-0.05, 0) is 72.5 Å². The predicted molar refractivity (Wildman–Crippen MR) is 163 cm³/mol. The molecule has 1 fully saturated rings. The van der Waals surface area contributed by atoms with E-state index in [0.29, 0.717) is 34.9 Å². The first-order valence-corrected chi connectivity index (χ1v) is 13.6. The number of hydrogen-bond acceptors (Lipinski definition) is 6. The van der Waals surface area contributed by atoms with Crippen LogP contribution in [0.5, 0.6) is 5.75 Å². The van der Waals surface area contributed by atoms with Crippen LogP contribution in [0.3, 0.4) is 0 Å². The van der Waals surface area contributed by atoms with Gasteiger partial charge in [-0.3, -0.25) is 19.3 Å². The van der Waals surface area contributed by atoms with Gasteiger partial charge >= 0.3 is 0 Å². The maximum absolute atomic E-state index is 13.6. The number of nitrogens with one attached hydrogen (secondary N) is 1. The second-order valence-electron chi connectivity index (χ2n) is 11.3. The lowest BCUT2D eigenvalue weighted by Crippen LogP contribution is -2.29. The predicted octanol–water partition coefficient (Wildman–Crippen LogP) is 6.03. The number of nitrogens with zero attached hydrogens (tertiary/aromatic N) is 2. The monoisotopic (exact) mass is 555 g/mol. The fraction of sp³-hybridized carbons (Fsp3) is 0.303. The Morgan fingerprint density at radius 1 is 1.00 bits per heavy atom. The van der Waals surface area contributed by atoms with E-state index in [1.807, 2.05) is 77.0 Å². The lowest BCUT2D eigenvalue weighted by atomic mass is 9.84. The summed E-state index contributed by atoms with van der Waals surface area (Å²) in [7, 11) is 3.85. The molecule has 8 heteroatoms. The molecule has 1 unspecified atom stereocenters. The number of carbonyl (C=O) groups excluding carboxylic acids is 3. The number of anilines is 3. The highest BCUT2D eigenvalue weighted by molar-refractivity contribution is 6.51. The third-order valence-corrected chi connectivity index (χ3v) is 7.00. The summed E-state index contributed by atoms with van der Waals surface area (Å²) < 4.78 is 5.83. The topological polar surface area (TPSA) is 99.2 Å². The third-order valence-electron chi connectivity index (χ3n) is 7.00. The first kappa shape index (κ1) is 29.4. The number of ether oxygens (including phenoxy) is 1. The Hall–Kier alpha value is -4.59. The second kappa shape index (κ2) is 11.5. The number of rotatable bonds is 7. The normalized spacial score (nSPS) is 16.6. The molecule has 2 amide bonds. The van der Waals surface area contributed by atoms with Gasteiger partial charge in [0, 0.05) is 49.2 Å². The summed E-state index contributed by atoms with van der Waals surface area (Å²) in [6.45, 7) is 9.95. The third kappa shape index (κ3) is 5.96. The first-order chi connectivity index (χ1) is 19.3. The summed E-state index contributed by atoms with van der Waals surface area (Å²) in [5, 5.41) is 14.4. The number of amides is 2. The highest BCUT2D eigenvalue weighted by Crippen LogP contribution is 2.43. The van der Waals surface area contributed by atoms with E-state index in [0.717, 1.165) is 11.3 Å². The van der Waals surface area contributed by atoms with Crippen molar-refractivity contribution in [1.82, 2.24) is 0 Å². The van der Waals surface area contributed by atoms with E-state index in [9.17, 15) is 19.5 Å². The van der Waals surface area contributed by atoms with Gasteiger partial charge in [-0.25, -0.2) is 0 Å². The van der Waals surface area contributed by atoms with Crippen LogP contribution < -0.4 is 19.9 Å². The van der Waals surface area contributed by atoms with Crippen molar-refractivity contribution in [2.75, 3.05) is 35.8 Å². The van der Waals surface area contributed by atoms with E-state index in [1.54, 1.807) is 36.4 Å². The van der Waals surface area contributed by atoms with Crippen molar-refractivity contribution in [3.8, 4) is 5.75 Å². The minimum absolute atomic E-state index is 0.00237. The van der Waals surface area contributed by atoms with Gasteiger partial charge in [0.15, 0.2) is 0 Å². The van der Waals surface area contributed by atoms with Crippen molar-refractivity contribution in [2.45, 2.75) is 46.1 Å². The fourth-order valence-electron chi connectivity index (χ4n) is 4.98. The molecule has 1 aliphatic rings. The second-order valence-corrected chi connectivity index (χ2v) is 11.3. The van der Waals surface area contributed by atoms with Crippen LogP contribution in [0.1, 0.15) is 57.4 Å². The Morgan fingerprint density at radius 3 is 2.17 bits per heavy atom. The molecular weight excluding hydrogens is 518 g/mol. The number of aliphatic hydroxyl groups excluding tert-OH is 1. The summed E-state index contributed by atoms with van der Waals surface area (Å²) in [6, 6.07) is 18.7. The molecule has 1 aliphatic heterocycles. The average molecular weight is 556 g/mol. The van der Waals surface area contributed by atoms with Gasteiger partial charge in [-0.2, -0.15) is 0 Å². The molecule has 0 radical (unpaired) electrons. The summed E-state index contributed by atoms with van der Waals surface area (Å²) in [4.78, 5) is 42.0. The number of carbonyl (C=O) groups is 3. The lowest BCUT2D eigenvalue weighted by molar-refractivity contribution is -0.132. The van der Waals surface area contributed by atoms with E-state index in [4.69, 9.17) is 4.74 Å². The largest absolute Gasteiger partial charge is 0.507 e. The van der Waals surface area contributed by atoms with Gasteiger partial charge in [-0.15, -0.1) is 0 Å². The van der Waals surface area contributed by atoms with Gasteiger partial charge in [0.2, 0.25) is 5.91 Å². The van der Waals surface area contributed by atoms with Crippen LogP contribution >= 0.6 is 0 Å². The minimum Gasteiger partial charge on any atom is -0.507 e. The molecule has 214 valence electrons. The molecule has 1 heterocycles. The lowest BCUT2D eigenvalue weighted by Gasteiger charge is -2.26. The molecule has 0 spiro atoms. The minimum atomic E-state index is -0.873. The van der Waals surface area contributed by atoms with Crippen molar-refractivity contribution in [3.63, 3.8) is 0 Å². The molecule has 3 aromatic rings. The summed E-state index contributed by atoms with van der Waals surface area (Å²) >= 11 is 0. The maximum atomic E-state index is 13.6. The van der Waals surface area contributed by atoms with Crippen molar-refractivity contribution in [2.24, 2.45) is 0 Å². The summed E-state index contributed by atoms with van der Waals surface area (Å²) in [5.74, 6) is -1.30. The van der Waals surface area contributed by atoms with Gasteiger partial charge in [-0.1, -0.05) is 32.9 Å². The van der Waals surface area contributed by atoms with Crippen molar-refractivity contribution >= 4 is 40.4 Å². The highest BCUT2D eigenvalue weighted by Gasteiger charge is 2.47. The van der Waals surface area contributed by atoms with Crippen LogP contribution in [0, 0.1) is 0 Å². The van der Waals surface area contributed by atoms with Crippen molar-refractivity contribution in [3.05, 3.63) is 89.0 Å². The summed E-state index contributed by atoms with van der Waals surface area (Å²) in [5.41, 5.74) is 3.64. The standard InChI is InChI=1S/C33H37N3O5/c1-8-41-27-18-11-22(19-26(27)33(3,4)5)30(38)28-29(21-9-14-24(15-10-21)35(6)7)36(32(40)31(28)39)25-16-12-23(13-17-25)34-20(2)37/h9-19,29,38H,8H2,1-7H3,(H,34,37)/b30-28-. The molecule has 4 rings (SSSR count). The average Bonchev–Trinajstić information content (AvgIpc) is 3.18. The Bertz CT molecular complexity index is 1500. The number of hydrogen-bond donors (Lipinski definition) is 2. The Morgan fingerprint density at radius 2 is 1.63 bits per heavy atom. The van der Waals surface area contributed by atoms with Crippen molar-refractivity contribution < 1.29 is 24.2 Å². The fourth-order valence-corrected chi connectivity index (χ4v) is 4.98. The van der Waals surface area contributed by atoms with Crippen LogP contribution in [-0.4, -0.2) is 43.4 Å². The van der Waals surface area contributed by atoms with Crippen LogP contribution in [-0.2, 0) is 19.8 Å². The molecule has 41 heavy (non-hydrogen) atoms. The zero-order valence-electron chi connectivity index (χ0n) is 24.6. The molecule has 8 nitrogen and oxygen atoms in total. The molecule has 0 bridgehead atoms. The van der Waals surface area contributed by atoms with Gasteiger partial charge in [0.25, 0.3) is 11.7 Å².